The molecular weight excluding hydrogens is 275 g/mol. The van der Waals surface area contributed by atoms with Gasteiger partial charge in [0.05, 0.1) is 17.5 Å². The lowest BCUT2D eigenvalue weighted by atomic mass is 9.78. The van der Waals surface area contributed by atoms with E-state index in [4.69, 9.17) is 16.3 Å². The van der Waals surface area contributed by atoms with E-state index in [-0.39, 0.29) is 16.3 Å². The van der Waals surface area contributed by atoms with Crippen molar-refractivity contribution in [2.24, 2.45) is 0 Å². The summed E-state index contributed by atoms with van der Waals surface area (Å²) in [6.45, 7) is 0. The first-order valence-corrected chi connectivity index (χ1v) is 6.30. The van der Waals surface area contributed by atoms with E-state index in [2.05, 4.69) is 0 Å². The molecule has 104 valence electrons. The molecule has 0 atom stereocenters. The van der Waals surface area contributed by atoms with E-state index in [9.17, 15) is 19.4 Å². The Morgan fingerprint density at radius 1 is 1.47 bits per heavy atom. The third-order valence-corrected chi connectivity index (χ3v) is 4.02. The number of methoxy groups -OCH3 is 1. The molecule has 1 aromatic rings. The van der Waals surface area contributed by atoms with Gasteiger partial charge in [-0.2, -0.15) is 4.39 Å². The molecule has 1 saturated carbocycles. The van der Waals surface area contributed by atoms with Crippen LogP contribution in [0.4, 0.5) is 4.39 Å². The molecule has 0 aromatic heterocycles. The number of hydrogen-bond donors (Lipinski definition) is 2. The molecule has 19 heavy (non-hydrogen) atoms. The van der Waals surface area contributed by atoms with Crippen molar-refractivity contribution < 1.29 is 24.1 Å². The predicted octanol–water partition coefficient (Wildman–Crippen LogP) is 3.09. The van der Waals surface area contributed by atoms with Crippen molar-refractivity contribution in [1.82, 2.24) is 0 Å². The number of hydrogen-bond acceptors (Lipinski definition) is 3. The van der Waals surface area contributed by atoms with Gasteiger partial charge in [-0.25, -0.2) is 0 Å². The number of carboxylic acids is 1. The molecule has 0 bridgehead atoms. The molecular formula is C13H14ClFO4. The first-order valence-electron chi connectivity index (χ1n) is 5.93. The molecule has 2 rings (SSSR count). The molecule has 4 nitrogen and oxygen atoms in total. The smallest absolute Gasteiger partial charge is 0.314 e. The molecule has 0 heterocycles. The van der Waals surface area contributed by atoms with Crippen molar-refractivity contribution in [3.63, 3.8) is 0 Å². The van der Waals surface area contributed by atoms with E-state index in [0.717, 1.165) is 12.8 Å². The second kappa shape index (κ2) is 4.89. The highest BCUT2D eigenvalue weighted by Crippen LogP contribution is 2.48. The largest absolute Gasteiger partial charge is 0.505 e. The minimum atomic E-state index is -1.26. The summed E-state index contributed by atoms with van der Waals surface area (Å²) in [5.74, 6) is -3.05. The van der Waals surface area contributed by atoms with Crippen LogP contribution in [0.15, 0.2) is 6.07 Å². The Morgan fingerprint density at radius 3 is 2.53 bits per heavy atom. The summed E-state index contributed by atoms with van der Waals surface area (Å²) in [5, 5.41) is 19.3. The lowest BCUT2D eigenvalue weighted by Crippen LogP contribution is -2.32. The van der Waals surface area contributed by atoms with Gasteiger partial charge in [0.2, 0.25) is 5.82 Å². The maximum Gasteiger partial charge on any atom is 0.314 e. The van der Waals surface area contributed by atoms with Gasteiger partial charge in [-0.1, -0.05) is 24.4 Å². The Kier molecular flexibility index (Phi) is 3.58. The van der Waals surface area contributed by atoms with Crippen LogP contribution in [0.1, 0.15) is 31.2 Å². The second-order valence-electron chi connectivity index (χ2n) is 4.70. The fourth-order valence-corrected chi connectivity index (χ4v) is 2.99. The number of ether oxygens (including phenoxy) is 1. The van der Waals surface area contributed by atoms with E-state index in [1.54, 1.807) is 0 Å². The first kappa shape index (κ1) is 13.9. The topological polar surface area (TPSA) is 66.8 Å². The van der Waals surface area contributed by atoms with Crippen molar-refractivity contribution in [1.29, 1.82) is 0 Å². The second-order valence-corrected chi connectivity index (χ2v) is 5.10. The Hall–Kier alpha value is -1.49. The van der Waals surface area contributed by atoms with Gasteiger partial charge in [0.15, 0.2) is 11.5 Å². The molecule has 0 unspecified atom stereocenters. The SMILES string of the molecule is COc1c(Cl)cc(C2(C(=O)O)CCCC2)c(O)c1F. The molecule has 1 fully saturated rings. The molecule has 0 aliphatic heterocycles. The van der Waals surface area contributed by atoms with E-state index >= 15 is 0 Å². The summed E-state index contributed by atoms with van der Waals surface area (Å²) >= 11 is 5.88. The third kappa shape index (κ3) is 2.02. The summed E-state index contributed by atoms with van der Waals surface area (Å²) in [7, 11) is 1.23. The number of aliphatic carboxylic acids is 1. The molecule has 1 aliphatic rings. The van der Waals surface area contributed by atoms with Crippen molar-refractivity contribution in [2.45, 2.75) is 31.1 Å². The molecule has 1 aliphatic carbocycles. The zero-order valence-electron chi connectivity index (χ0n) is 10.4. The number of phenolic OH excluding ortho intramolecular Hbond substituents is 1. The monoisotopic (exact) mass is 288 g/mol. The molecule has 0 saturated heterocycles. The zero-order valence-corrected chi connectivity index (χ0v) is 11.1. The fraction of sp³-hybridized carbons (Fsp3) is 0.462. The normalized spacial score (nSPS) is 17.4. The van der Waals surface area contributed by atoms with Crippen LogP contribution in [-0.4, -0.2) is 23.3 Å². The zero-order chi connectivity index (χ0) is 14.2. The van der Waals surface area contributed by atoms with Crippen molar-refractivity contribution in [3.05, 3.63) is 22.5 Å². The third-order valence-electron chi connectivity index (χ3n) is 3.74. The highest BCUT2D eigenvalue weighted by molar-refractivity contribution is 6.32. The molecule has 1 aromatic carbocycles. The van der Waals surface area contributed by atoms with Gasteiger partial charge >= 0.3 is 5.97 Å². The van der Waals surface area contributed by atoms with Gasteiger partial charge in [-0.3, -0.25) is 4.79 Å². The lowest BCUT2D eigenvalue weighted by Gasteiger charge is -2.26. The number of rotatable bonds is 3. The maximum atomic E-state index is 14.0. The quantitative estimate of drug-likeness (QED) is 0.897. The number of halogens is 2. The number of phenols is 1. The lowest BCUT2D eigenvalue weighted by molar-refractivity contribution is -0.143. The van der Waals surface area contributed by atoms with Crippen LogP contribution in [-0.2, 0) is 10.2 Å². The highest BCUT2D eigenvalue weighted by Gasteiger charge is 2.46. The highest BCUT2D eigenvalue weighted by atomic mass is 35.5. The van der Waals surface area contributed by atoms with E-state index < -0.39 is 23.0 Å². The van der Waals surface area contributed by atoms with E-state index in [1.165, 1.54) is 13.2 Å². The molecule has 0 amide bonds. The van der Waals surface area contributed by atoms with Crippen molar-refractivity contribution >= 4 is 17.6 Å². The van der Waals surface area contributed by atoms with Crippen LogP contribution in [0.25, 0.3) is 0 Å². The summed E-state index contributed by atoms with van der Waals surface area (Å²) < 4.78 is 18.7. The summed E-state index contributed by atoms with van der Waals surface area (Å²) in [5.41, 5.74) is -1.23. The minimum absolute atomic E-state index is 0.0285. The van der Waals surface area contributed by atoms with Gasteiger partial charge < -0.3 is 14.9 Å². The average molecular weight is 289 g/mol. The molecule has 0 spiro atoms. The molecule has 0 radical (unpaired) electrons. The minimum Gasteiger partial charge on any atom is -0.505 e. The van der Waals surface area contributed by atoms with Crippen molar-refractivity contribution in [2.75, 3.05) is 7.11 Å². The summed E-state index contributed by atoms with van der Waals surface area (Å²) in [4.78, 5) is 11.5. The van der Waals surface area contributed by atoms with Gasteiger partial charge in [0.25, 0.3) is 0 Å². The molecule has 6 heteroatoms. The fourth-order valence-electron chi connectivity index (χ4n) is 2.72. The van der Waals surface area contributed by atoms with Crippen LogP contribution in [0.5, 0.6) is 11.5 Å². The Balaban J connectivity index is 2.65. The number of carboxylic acid groups (broad SMARTS) is 1. The number of benzene rings is 1. The maximum absolute atomic E-state index is 14.0. The Bertz CT molecular complexity index is 524. The van der Waals surface area contributed by atoms with Crippen LogP contribution in [0.2, 0.25) is 5.02 Å². The van der Waals surface area contributed by atoms with Crippen LogP contribution >= 0.6 is 11.6 Å². The van der Waals surface area contributed by atoms with Gasteiger partial charge in [-0.05, 0) is 18.9 Å². The van der Waals surface area contributed by atoms with E-state index in [0.29, 0.717) is 12.8 Å². The van der Waals surface area contributed by atoms with Crippen molar-refractivity contribution in [3.8, 4) is 11.5 Å². The van der Waals surface area contributed by atoms with Crippen LogP contribution < -0.4 is 4.74 Å². The van der Waals surface area contributed by atoms with Gasteiger partial charge in [-0.15, -0.1) is 0 Å². The average Bonchev–Trinajstić information content (AvgIpc) is 2.85. The summed E-state index contributed by atoms with van der Waals surface area (Å²) in [6, 6.07) is 1.29. The summed E-state index contributed by atoms with van der Waals surface area (Å²) in [6.07, 6.45) is 2.16. The first-order chi connectivity index (χ1) is 8.94. The van der Waals surface area contributed by atoms with E-state index in [1.807, 2.05) is 0 Å². The predicted molar refractivity (Wildman–Crippen MR) is 67.4 cm³/mol. The Labute approximate surface area is 114 Å². The standard InChI is InChI=1S/C13H14ClFO4/c1-19-11-8(14)6-7(10(16)9(11)15)13(12(17)18)4-2-3-5-13/h6,16H,2-5H2,1H3,(H,17,18). The van der Waals surface area contributed by atoms with Crippen LogP contribution in [0.3, 0.4) is 0 Å². The molecule has 2 N–H and O–H groups in total. The number of carbonyl (C=O) groups is 1. The van der Waals surface area contributed by atoms with Crippen LogP contribution in [0, 0.1) is 5.82 Å². The van der Waals surface area contributed by atoms with Gasteiger partial charge in [0, 0.05) is 5.56 Å². The Morgan fingerprint density at radius 2 is 2.05 bits per heavy atom. The van der Waals surface area contributed by atoms with Gasteiger partial charge in [0.1, 0.15) is 0 Å². The number of aromatic hydroxyl groups is 1.